The van der Waals surface area contributed by atoms with Gasteiger partial charge in [-0.3, -0.25) is 4.90 Å². The Kier molecular flexibility index (Phi) is 7.71. The van der Waals surface area contributed by atoms with Crippen molar-refractivity contribution in [3.05, 3.63) is 64.7 Å². The van der Waals surface area contributed by atoms with E-state index in [4.69, 9.17) is 11.6 Å². The molecule has 2 N–H and O–H groups in total. The first-order valence-electron chi connectivity index (χ1n) is 9.90. The molecule has 1 saturated heterocycles. The maximum Gasteiger partial charge on any atom is 0.319 e. The van der Waals surface area contributed by atoms with E-state index < -0.39 is 0 Å². The number of hydrogen-bond donors (Lipinski definition) is 2. The molecular weight excluding hydrogens is 372 g/mol. The van der Waals surface area contributed by atoms with E-state index in [0.717, 1.165) is 56.9 Å². The van der Waals surface area contributed by atoms with Crippen LogP contribution in [0.2, 0.25) is 5.02 Å². The lowest BCUT2D eigenvalue weighted by Crippen LogP contribution is -2.46. The first-order valence-corrected chi connectivity index (χ1v) is 10.3. The number of nitrogens with one attached hydrogen (secondary N) is 2. The van der Waals surface area contributed by atoms with E-state index in [1.165, 1.54) is 5.56 Å². The van der Waals surface area contributed by atoms with Gasteiger partial charge in [-0.2, -0.15) is 0 Å². The second-order valence-corrected chi connectivity index (χ2v) is 7.73. The molecule has 5 nitrogen and oxygen atoms in total. The summed E-state index contributed by atoms with van der Waals surface area (Å²) >= 11 is 5.94. The zero-order valence-electron chi connectivity index (χ0n) is 16.5. The molecule has 1 heterocycles. The summed E-state index contributed by atoms with van der Waals surface area (Å²) in [6.07, 6.45) is 0.950. The van der Waals surface area contributed by atoms with Gasteiger partial charge in [0.15, 0.2) is 0 Å². The predicted octanol–water partition coefficient (Wildman–Crippen LogP) is 3.98. The highest BCUT2D eigenvalue weighted by molar-refractivity contribution is 6.30. The quantitative estimate of drug-likeness (QED) is 0.691. The van der Waals surface area contributed by atoms with Gasteiger partial charge in [0, 0.05) is 50.0 Å². The van der Waals surface area contributed by atoms with Gasteiger partial charge in [0.2, 0.25) is 0 Å². The van der Waals surface area contributed by atoms with Gasteiger partial charge in [-0.25, -0.2) is 4.79 Å². The van der Waals surface area contributed by atoms with Crippen molar-refractivity contribution >= 4 is 23.3 Å². The maximum absolute atomic E-state index is 12.0. The fourth-order valence-electron chi connectivity index (χ4n) is 3.45. The van der Waals surface area contributed by atoms with Crippen LogP contribution < -0.4 is 10.6 Å². The van der Waals surface area contributed by atoms with Crippen LogP contribution in [0.3, 0.4) is 0 Å². The molecule has 6 heteroatoms. The number of anilines is 1. The van der Waals surface area contributed by atoms with E-state index >= 15 is 0 Å². The van der Waals surface area contributed by atoms with E-state index in [-0.39, 0.29) is 6.03 Å². The van der Waals surface area contributed by atoms with E-state index in [1.807, 2.05) is 19.1 Å². The summed E-state index contributed by atoms with van der Waals surface area (Å²) in [6, 6.07) is 15.9. The van der Waals surface area contributed by atoms with Crippen LogP contribution in [0.25, 0.3) is 0 Å². The van der Waals surface area contributed by atoms with Crippen molar-refractivity contribution in [2.45, 2.75) is 19.9 Å². The van der Waals surface area contributed by atoms with Gasteiger partial charge in [-0.05, 0) is 49.2 Å². The molecule has 0 aromatic heterocycles. The van der Waals surface area contributed by atoms with Crippen molar-refractivity contribution in [3.63, 3.8) is 0 Å². The Labute approximate surface area is 172 Å². The predicted molar refractivity (Wildman–Crippen MR) is 116 cm³/mol. The first kappa shape index (κ1) is 20.6. The number of halogens is 1. The molecule has 0 atom stereocenters. The lowest BCUT2D eigenvalue weighted by Gasteiger charge is -2.34. The molecule has 1 aliphatic rings. The number of nitrogens with zero attached hydrogens (tertiary/aromatic N) is 2. The van der Waals surface area contributed by atoms with Gasteiger partial charge in [0.25, 0.3) is 0 Å². The van der Waals surface area contributed by atoms with Crippen LogP contribution in [0.4, 0.5) is 10.5 Å². The van der Waals surface area contributed by atoms with Gasteiger partial charge >= 0.3 is 6.03 Å². The van der Waals surface area contributed by atoms with Crippen LogP contribution in [-0.2, 0) is 6.54 Å². The minimum absolute atomic E-state index is 0.168. The van der Waals surface area contributed by atoms with Gasteiger partial charge in [-0.15, -0.1) is 0 Å². The topological polar surface area (TPSA) is 47.6 Å². The summed E-state index contributed by atoms with van der Waals surface area (Å²) in [5.74, 6) is 0. The molecule has 0 spiro atoms. The smallest absolute Gasteiger partial charge is 0.319 e. The molecule has 1 fully saturated rings. The Morgan fingerprint density at radius 3 is 2.46 bits per heavy atom. The summed E-state index contributed by atoms with van der Waals surface area (Å²) in [4.78, 5) is 17.0. The highest BCUT2D eigenvalue weighted by Gasteiger charge is 2.16. The normalized spacial score (nSPS) is 15.4. The summed E-state index contributed by atoms with van der Waals surface area (Å²) < 4.78 is 0. The number of benzene rings is 2. The molecular formula is C22H29ClN4O. The second kappa shape index (κ2) is 10.5. The molecule has 3 rings (SSSR count). The fourth-order valence-corrected chi connectivity index (χ4v) is 3.68. The van der Waals surface area contributed by atoms with Crippen molar-refractivity contribution in [2.24, 2.45) is 0 Å². The average molecular weight is 401 g/mol. The molecule has 0 aliphatic carbocycles. The second-order valence-electron chi connectivity index (χ2n) is 7.30. The van der Waals surface area contributed by atoms with Gasteiger partial charge < -0.3 is 15.5 Å². The highest BCUT2D eigenvalue weighted by Crippen LogP contribution is 2.19. The number of carbonyl (C=O) groups excluding carboxylic acids is 1. The molecule has 2 aromatic carbocycles. The van der Waals surface area contributed by atoms with Crippen LogP contribution in [-0.4, -0.2) is 55.1 Å². The third kappa shape index (κ3) is 6.51. The number of amides is 2. The molecule has 1 aliphatic heterocycles. The average Bonchev–Trinajstić information content (AvgIpc) is 2.69. The molecule has 0 unspecified atom stereocenters. The molecule has 0 saturated carbocycles. The van der Waals surface area contributed by atoms with Gasteiger partial charge in [0.1, 0.15) is 0 Å². The van der Waals surface area contributed by atoms with E-state index in [0.29, 0.717) is 11.6 Å². The summed E-state index contributed by atoms with van der Waals surface area (Å²) in [5.41, 5.74) is 3.12. The summed E-state index contributed by atoms with van der Waals surface area (Å²) in [7, 11) is 0. The minimum Gasteiger partial charge on any atom is -0.338 e. The van der Waals surface area contributed by atoms with Crippen LogP contribution in [0.1, 0.15) is 17.5 Å². The van der Waals surface area contributed by atoms with Crippen LogP contribution >= 0.6 is 11.6 Å². The Morgan fingerprint density at radius 2 is 1.75 bits per heavy atom. The molecule has 0 radical (unpaired) electrons. The zero-order valence-corrected chi connectivity index (χ0v) is 17.2. The zero-order chi connectivity index (χ0) is 19.8. The third-order valence-electron chi connectivity index (χ3n) is 5.09. The molecule has 2 amide bonds. The van der Waals surface area contributed by atoms with Crippen molar-refractivity contribution in [1.29, 1.82) is 0 Å². The fraction of sp³-hybridized carbons (Fsp3) is 0.409. The molecule has 2 aromatic rings. The van der Waals surface area contributed by atoms with Crippen LogP contribution in [0, 0.1) is 6.92 Å². The number of aryl methyl sites for hydroxylation is 1. The first-order chi connectivity index (χ1) is 13.6. The van der Waals surface area contributed by atoms with Crippen molar-refractivity contribution in [3.8, 4) is 0 Å². The molecule has 28 heavy (non-hydrogen) atoms. The van der Waals surface area contributed by atoms with E-state index in [9.17, 15) is 4.79 Å². The van der Waals surface area contributed by atoms with Crippen molar-refractivity contribution < 1.29 is 4.79 Å². The maximum atomic E-state index is 12.0. The monoisotopic (exact) mass is 400 g/mol. The van der Waals surface area contributed by atoms with E-state index in [1.54, 1.807) is 6.07 Å². The summed E-state index contributed by atoms with van der Waals surface area (Å²) in [6.45, 7) is 9.00. The Balaban J connectivity index is 1.29. The van der Waals surface area contributed by atoms with E-state index in [2.05, 4.69) is 50.8 Å². The number of urea groups is 1. The van der Waals surface area contributed by atoms with Gasteiger partial charge in [0.05, 0.1) is 0 Å². The lowest BCUT2D eigenvalue weighted by atomic mass is 10.2. The number of piperazine rings is 1. The van der Waals surface area contributed by atoms with Crippen molar-refractivity contribution in [1.82, 2.24) is 15.1 Å². The molecule has 150 valence electrons. The molecule has 0 bridgehead atoms. The highest BCUT2D eigenvalue weighted by atomic mass is 35.5. The summed E-state index contributed by atoms with van der Waals surface area (Å²) in [5, 5.41) is 6.48. The number of carbonyl (C=O) groups is 1. The number of rotatable bonds is 7. The largest absolute Gasteiger partial charge is 0.338 e. The lowest BCUT2D eigenvalue weighted by molar-refractivity contribution is 0.126. The Hall–Kier alpha value is -2.08. The Bertz CT molecular complexity index is 760. The standard InChI is InChI=1S/C22H29ClN4O/c1-18-16-20(23)8-9-21(18)25-22(28)24-10-5-11-26-12-14-27(15-13-26)17-19-6-3-2-4-7-19/h2-4,6-9,16H,5,10-15,17H2,1H3,(H2,24,25,28). The van der Waals surface area contributed by atoms with Crippen molar-refractivity contribution in [2.75, 3.05) is 44.6 Å². The minimum atomic E-state index is -0.168. The Morgan fingerprint density at radius 1 is 1.04 bits per heavy atom. The third-order valence-corrected chi connectivity index (χ3v) is 5.32. The van der Waals surface area contributed by atoms with Gasteiger partial charge in [-0.1, -0.05) is 41.9 Å². The van der Waals surface area contributed by atoms with Crippen LogP contribution in [0.15, 0.2) is 48.5 Å². The van der Waals surface area contributed by atoms with Crippen LogP contribution in [0.5, 0.6) is 0 Å². The number of hydrogen-bond acceptors (Lipinski definition) is 3. The SMILES string of the molecule is Cc1cc(Cl)ccc1NC(=O)NCCCN1CCN(Cc2ccccc2)CC1.